The summed E-state index contributed by atoms with van der Waals surface area (Å²) in [5.41, 5.74) is 1.54. The zero-order valence-corrected chi connectivity index (χ0v) is 15.2. The third-order valence-electron chi connectivity index (χ3n) is 4.45. The molecule has 2 unspecified atom stereocenters. The van der Waals surface area contributed by atoms with E-state index in [2.05, 4.69) is 55.0 Å². The summed E-state index contributed by atoms with van der Waals surface area (Å²) >= 11 is 3.68. The molecule has 1 aliphatic rings. The first-order valence-electron chi connectivity index (χ1n) is 7.59. The predicted molar refractivity (Wildman–Crippen MR) is 90.2 cm³/mol. The van der Waals surface area contributed by atoms with Crippen LogP contribution in [0.15, 0.2) is 16.6 Å². The van der Waals surface area contributed by atoms with Crippen LogP contribution in [-0.2, 0) is 0 Å². The maximum absolute atomic E-state index is 5.71. The zero-order chi connectivity index (χ0) is 15.6. The van der Waals surface area contributed by atoms with Gasteiger partial charge in [-0.25, -0.2) is 0 Å². The summed E-state index contributed by atoms with van der Waals surface area (Å²) in [5, 5.41) is 3.44. The number of hydrogen-bond acceptors (Lipinski definition) is 3. The molecule has 0 fully saturated rings. The van der Waals surface area contributed by atoms with E-state index in [0.29, 0.717) is 30.6 Å². The molecule has 2 atom stereocenters. The lowest BCUT2D eigenvalue weighted by Crippen LogP contribution is -2.26. The Hall–Kier alpha value is -0.740. The number of nitrogens with one attached hydrogen (secondary N) is 1. The zero-order valence-electron chi connectivity index (χ0n) is 13.6. The number of halogens is 1. The van der Waals surface area contributed by atoms with Gasteiger partial charge >= 0.3 is 0 Å². The highest BCUT2D eigenvalue weighted by Crippen LogP contribution is 2.40. The van der Waals surface area contributed by atoms with Gasteiger partial charge in [0, 0.05) is 10.5 Å². The summed E-state index contributed by atoms with van der Waals surface area (Å²) in [7, 11) is 2.02. The summed E-state index contributed by atoms with van der Waals surface area (Å²) < 4.78 is 12.4. The van der Waals surface area contributed by atoms with Crippen LogP contribution in [0, 0.1) is 11.3 Å². The van der Waals surface area contributed by atoms with Crippen LogP contribution in [0.3, 0.4) is 0 Å². The highest BCUT2D eigenvalue weighted by Gasteiger charge is 2.26. The molecule has 0 aromatic heterocycles. The Kier molecular flexibility index (Phi) is 5.20. The highest BCUT2D eigenvalue weighted by molar-refractivity contribution is 9.10. The molecule has 1 aromatic rings. The standard InChI is InChI=1S/C17H26BrNO2/c1-11(17(2,3)4)8-14(19-5)12-9-15-16(10-13(12)18)21-7-6-20-15/h9-11,14,19H,6-8H2,1-5H3. The van der Waals surface area contributed by atoms with Crippen molar-refractivity contribution >= 4 is 15.9 Å². The fourth-order valence-corrected chi connectivity index (χ4v) is 3.05. The van der Waals surface area contributed by atoms with Gasteiger partial charge in [0.05, 0.1) is 0 Å². The summed E-state index contributed by atoms with van der Waals surface area (Å²) in [5.74, 6) is 2.29. The molecular formula is C17H26BrNO2. The Labute approximate surface area is 136 Å². The number of benzene rings is 1. The first-order valence-corrected chi connectivity index (χ1v) is 8.38. The molecule has 2 rings (SSSR count). The van der Waals surface area contributed by atoms with E-state index in [9.17, 15) is 0 Å². The maximum Gasteiger partial charge on any atom is 0.162 e. The van der Waals surface area contributed by atoms with E-state index in [1.54, 1.807) is 0 Å². The molecule has 0 aliphatic carbocycles. The summed E-state index contributed by atoms with van der Waals surface area (Å²) in [4.78, 5) is 0. The van der Waals surface area contributed by atoms with E-state index in [1.807, 2.05) is 13.1 Å². The van der Waals surface area contributed by atoms with E-state index >= 15 is 0 Å². The van der Waals surface area contributed by atoms with Crippen LogP contribution in [0.2, 0.25) is 0 Å². The van der Waals surface area contributed by atoms with Crippen LogP contribution in [0.5, 0.6) is 11.5 Å². The van der Waals surface area contributed by atoms with Gasteiger partial charge in [0.2, 0.25) is 0 Å². The van der Waals surface area contributed by atoms with Gasteiger partial charge < -0.3 is 14.8 Å². The van der Waals surface area contributed by atoms with Crippen LogP contribution < -0.4 is 14.8 Å². The largest absolute Gasteiger partial charge is 0.486 e. The first kappa shape index (κ1) is 16.6. The average molecular weight is 356 g/mol. The van der Waals surface area contributed by atoms with Crippen LogP contribution in [0.4, 0.5) is 0 Å². The minimum Gasteiger partial charge on any atom is -0.486 e. The van der Waals surface area contributed by atoms with Crippen molar-refractivity contribution in [2.24, 2.45) is 11.3 Å². The van der Waals surface area contributed by atoms with Gasteiger partial charge in [0.1, 0.15) is 13.2 Å². The molecule has 0 spiro atoms. The molecule has 0 saturated heterocycles. The third kappa shape index (κ3) is 3.92. The molecule has 21 heavy (non-hydrogen) atoms. The molecule has 0 amide bonds. The second-order valence-electron chi connectivity index (χ2n) is 6.86. The maximum atomic E-state index is 5.71. The molecule has 4 heteroatoms. The van der Waals surface area contributed by atoms with E-state index < -0.39 is 0 Å². The topological polar surface area (TPSA) is 30.5 Å². The molecule has 118 valence electrons. The van der Waals surface area contributed by atoms with Gasteiger partial charge in [0.15, 0.2) is 11.5 Å². The van der Waals surface area contributed by atoms with Crippen molar-refractivity contribution in [2.75, 3.05) is 20.3 Å². The van der Waals surface area contributed by atoms with Gasteiger partial charge in [-0.1, -0.05) is 43.6 Å². The average Bonchev–Trinajstić information content (AvgIpc) is 2.43. The van der Waals surface area contributed by atoms with Gasteiger partial charge in [0.25, 0.3) is 0 Å². The Bertz CT molecular complexity index is 496. The number of fused-ring (bicyclic) bond motifs is 1. The van der Waals surface area contributed by atoms with Gasteiger partial charge in [-0.15, -0.1) is 0 Å². The van der Waals surface area contributed by atoms with Crippen molar-refractivity contribution in [3.05, 3.63) is 22.2 Å². The monoisotopic (exact) mass is 355 g/mol. The number of hydrogen-bond donors (Lipinski definition) is 1. The Morgan fingerprint density at radius 2 is 1.76 bits per heavy atom. The molecule has 0 saturated carbocycles. The van der Waals surface area contributed by atoms with Crippen molar-refractivity contribution in [2.45, 2.75) is 40.2 Å². The molecule has 0 radical (unpaired) electrons. The molecule has 1 N–H and O–H groups in total. The molecule has 1 heterocycles. The van der Waals surface area contributed by atoms with Gasteiger partial charge in [-0.3, -0.25) is 0 Å². The Morgan fingerprint density at radius 3 is 2.29 bits per heavy atom. The number of ether oxygens (including phenoxy) is 2. The Balaban J connectivity index is 2.25. The van der Waals surface area contributed by atoms with Crippen LogP contribution in [0.25, 0.3) is 0 Å². The SMILES string of the molecule is CNC(CC(C)C(C)(C)C)c1cc2c(cc1Br)OCCO2. The van der Waals surface area contributed by atoms with Crippen LogP contribution >= 0.6 is 15.9 Å². The lowest BCUT2D eigenvalue weighted by atomic mass is 9.77. The first-order chi connectivity index (χ1) is 9.82. The molecule has 1 aliphatic heterocycles. The fraction of sp³-hybridized carbons (Fsp3) is 0.647. The van der Waals surface area contributed by atoms with E-state index in [-0.39, 0.29) is 0 Å². The quantitative estimate of drug-likeness (QED) is 0.858. The lowest BCUT2D eigenvalue weighted by molar-refractivity contribution is 0.171. The second-order valence-corrected chi connectivity index (χ2v) is 7.72. The van der Waals surface area contributed by atoms with E-state index in [4.69, 9.17) is 9.47 Å². The molecular weight excluding hydrogens is 330 g/mol. The van der Waals surface area contributed by atoms with Crippen LogP contribution in [0.1, 0.15) is 45.7 Å². The van der Waals surface area contributed by atoms with E-state index in [1.165, 1.54) is 5.56 Å². The highest BCUT2D eigenvalue weighted by atomic mass is 79.9. The van der Waals surface area contributed by atoms with Crippen molar-refractivity contribution in [3.63, 3.8) is 0 Å². The van der Waals surface area contributed by atoms with Crippen molar-refractivity contribution in [1.29, 1.82) is 0 Å². The summed E-state index contributed by atoms with van der Waals surface area (Å²) in [6.45, 7) is 10.4. The van der Waals surface area contributed by atoms with Gasteiger partial charge in [-0.2, -0.15) is 0 Å². The minimum absolute atomic E-state index is 0.296. The molecule has 0 bridgehead atoms. The van der Waals surface area contributed by atoms with Crippen LogP contribution in [-0.4, -0.2) is 20.3 Å². The van der Waals surface area contributed by atoms with E-state index in [0.717, 1.165) is 22.4 Å². The normalized spacial score (nSPS) is 17.4. The minimum atomic E-state index is 0.296. The summed E-state index contributed by atoms with van der Waals surface area (Å²) in [6.07, 6.45) is 1.08. The third-order valence-corrected chi connectivity index (χ3v) is 5.14. The predicted octanol–water partition coefficient (Wildman–Crippen LogP) is 4.55. The summed E-state index contributed by atoms with van der Waals surface area (Å²) in [6, 6.07) is 4.43. The molecule has 1 aromatic carbocycles. The van der Waals surface area contributed by atoms with Crippen molar-refractivity contribution < 1.29 is 9.47 Å². The second kappa shape index (κ2) is 6.57. The lowest BCUT2D eigenvalue weighted by Gasteiger charge is -2.31. The molecule has 3 nitrogen and oxygen atoms in total. The fourth-order valence-electron chi connectivity index (χ4n) is 2.45. The Morgan fingerprint density at radius 1 is 1.19 bits per heavy atom. The number of rotatable bonds is 4. The van der Waals surface area contributed by atoms with Crippen molar-refractivity contribution in [3.8, 4) is 11.5 Å². The smallest absolute Gasteiger partial charge is 0.162 e. The van der Waals surface area contributed by atoms with Crippen molar-refractivity contribution in [1.82, 2.24) is 5.32 Å². The van der Waals surface area contributed by atoms with Gasteiger partial charge in [-0.05, 0) is 42.5 Å².